The molecule has 0 aliphatic carbocycles. The van der Waals surface area contributed by atoms with Crippen LogP contribution in [0.5, 0.6) is 0 Å². The van der Waals surface area contributed by atoms with Gasteiger partial charge in [0.25, 0.3) is 0 Å². The van der Waals surface area contributed by atoms with Crippen LogP contribution in [0.15, 0.2) is 17.5 Å². The van der Waals surface area contributed by atoms with Crippen molar-refractivity contribution in [2.24, 2.45) is 5.92 Å². The van der Waals surface area contributed by atoms with Gasteiger partial charge in [0.2, 0.25) is 0 Å². The molecule has 2 heterocycles. The lowest BCUT2D eigenvalue weighted by Gasteiger charge is -2.31. The molecule has 1 aliphatic heterocycles. The van der Waals surface area contributed by atoms with Gasteiger partial charge in [0.1, 0.15) is 0 Å². The van der Waals surface area contributed by atoms with Crippen LogP contribution in [0.25, 0.3) is 0 Å². The Morgan fingerprint density at radius 1 is 1.32 bits per heavy atom. The minimum atomic E-state index is 1.01. The van der Waals surface area contributed by atoms with E-state index in [2.05, 4.69) is 34.7 Å². The number of likely N-dealkylation sites (tertiary alicyclic amines) is 1. The van der Waals surface area contributed by atoms with Crippen molar-refractivity contribution in [3.8, 4) is 0 Å². The van der Waals surface area contributed by atoms with Crippen molar-refractivity contribution in [1.29, 1.82) is 0 Å². The van der Waals surface area contributed by atoms with Gasteiger partial charge in [-0.3, -0.25) is 0 Å². The Kier molecular flexibility index (Phi) is 6.90. The Morgan fingerprint density at radius 2 is 2.16 bits per heavy atom. The minimum absolute atomic E-state index is 1.01. The first-order valence-corrected chi connectivity index (χ1v) is 8.72. The third-order valence-corrected chi connectivity index (χ3v) is 5.07. The fraction of sp³-hybridized carbons (Fsp3) is 0.750. The van der Waals surface area contributed by atoms with E-state index in [1.165, 1.54) is 56.6 Å². The van der Waals surface area contributed by atoms with Gasteiger partial charge in [0, 0.05) is 24.5 Å². The highest BCUT2D eigenvalue weighted by Gasteiger charge is 2.17. The number of nitrogens with one attached hydrogen (secondary N) is 1. The molecule has 3 heteroatoms. The predicted molar refractivity (Wildman–Crippen MR) is 85.0 cm³/mol. The van der Waals surface area contributed by atoms with Gasteiger partial charge < -0.3 is 10.2 Å². The first-order chi connectivity index (χ1) is 9.38. The van der Waals surface area contributed by atoms with Crippen LogP contribution < -0.4 is 5.32 Å². The first-order valence-electron chi connectivity index (χ1n) is 7.84. The number of hydrogen-bond acceptors (Lipinski definition) is 3. The first kappa shape index (κ1) is 15.0. The molecule has 2 rings (SSSR count). The van der Waals surface area contributed by atoms with Gasteiger partial charge in [-0.25, -0.2) is 0 Å². The second-order valence-electron chi connectivity index (χ2n) is 5.65. The fourth-order valence-electron chi connectivity index (χ4n) is 2.94. The molecule has 0 bridgehead atoms. The van der Waals surface area contributed by atoms with Crippen molar-refractivity contribution in [1.82, 2.24) is 10.2 Å². The highest BCUT2D eigenvalue weighted by Crippen LogP contribution is 2.21. The molecule has 0 atom stereocenters. The molecule has 2 nitrogen and oxygen atoms in total. The summed E-state index contributed by atoms with van der Waals surface area (Å²) < 4.78 is 0. The Labute approximate surface area is 122 Å². The molecular formula is C16H28N2S. The van der Waals surface area contributed by atoms with E-state index < -0.39 is 0 Å². The summed E-state index contributed by atoms with van der Waals surface area (Å²) in [5.74, 6) is 1.01. The van der Waals surface area contributed by atoms with Crippen LogP contribution in [-0.4, -0.2) is 37.6 Å². The van der Waals surface area contributed by atoms with Gasteiger partial charge in [-0.05, 0) is 49.7 Å². The van der Waals surface area contributed by atoms with Crippen molar-refractivity contribution in [3.05, 3.63) is 22.4 Å². The number of hydrogen-bond donors (Lipinski definition) is 1. The molecule has 0 aromatic carbocycles. The van der Waals surface area contributed by atoms with Crippen LogP contribution in [0.4, 0.5) is 0 Å². The molecule has 0 spiro atoms. The zero-order valence-electron chi connectivity index (χ0n) is 12.2. The van der Waals surface area contributed by atoms with E-state index in [1.54, 1.807) is 0 Å². The second-order valence-corrected chi connectivity index (χ2v) is 6.69. The zero-order chi connectivity index (χ0) is 13.3. The van der Waals surface area contributed by atoms with E-state index >= 15 is 0 Å². The molecule has 19 heavy (non-hydrogen) atoms. The van der Waals surface area contributed by atoms with Gasteiger partial charge in [-0.15, -0.1) is 11.3 Å². The van der Waals surface area contributed by atoms with Gasteiger partial charge >= 0.3 is 0 Å². The van der Waals surface area contributed by atoms with Crippen molar-refractivity contribution in [2.75, 3.05) is 32.7 Å². The Hall–Kier alpha value is -0.380. The van der Waals surface area contributed by atoms with E-state index in [0.717, 1.165) is 19.0 Å². The van der Waals surface area contributed by atoms with Crippen molar-refractivity contribution < 1.29 is 0 Å². The normalized spacial score (nSPS) is 17.9. The Bertz CT molecular complexity index is 315. The minimum Gasteiger partial charge on any atom is -0.315 e. The van der Waals surface area contributed by atoms with Gasteiger partial charge in [0.05, 0.1) is 0 Å². The van der Waals surface area contributed by atoms with E-state index in [-0.39, 0.29) is 0 Å². The third-order valence-electron chi connectivity index (χ3n) is 4.14. The molecular weight excluding hydrogens is 252 g/mol. The summed E-state index contributed by atoms with van der Waals surface area (Å²) in [5.41, 5.74) is 0. The fourth-order valence-corrected chi connectivity index (χ4v) is 3.64. The molecule has 108 valence electrons. The van der Waals surface area contributed by atoms with E-state index in [0.29, 0.717) is 0 Å². The summed E-state index contributed by atoms with van der Waals surface area (Å²) >= 11 is 1.86. The van der Waals surface area contributed by atoms with Crippen LogP contribution in [-0.2, 0) is 6.42 Å². The molecule has 1 saturated heterocycles. The van der Waals surface area contributed by atoms with Crippen molar-refractivity contribution in [3.63, 3.8) is 0 Å². The summed E-state index contributed by atoms with van der Waals surface area (Å²) in [6.45, 7) is 8.43. The molecule has 0 unspecified atom stereocenters. The average molecular weight is 280 g/mol. The van der Waals surface area contributed by atoms with E-state index in [1.807, 2.05) is 11.3 Å². The maximum atomic E-state index is 3.57. The Morgan fingerprint density at radius 3 is 2.84 bits per heavy atom. The second kappa shape index (κ2) is 8.72. The maximum Gasteiger partial charge on any atom is 0.0107 e. The standard InChI is InChI=1S/C16H28N2S/c1-2-4-15-7-11-18(12-8-15)13-10-17-9-6-16-5-3-14-19-16/h3,5,14-15,17H,2,4,6-13H2,1H3. The highest BCUT2D eigenvalue weighted by atomic mass is 32.1. The monoisotopic (exact) mass is 280 g/mol. The van der Waals surface area contributed by atoms with Crippen LogP contribution in [0.1, 0.15) is 37.5 Å². The summed E-state index contributed by atoms with van der Waals surface area (Å²) in [6, 6.07) is 4.37. The molecule has 0 saturated carbocycles. The number of nitrogens with zero attached hydrogens (tertiary/aromatic N) is 1. The summed E-state index contributed by atoms with van der Waals surface area (Å²) in [5, 5.41) is 5.73. The van der Waals surface area contributed by atoms with Gasteiger partial charge in [-0.2, -0.15) is 0 Å². The van der Waals surface area contributed by atoms with E-state index in [4.69, 9.17) is 0 Å². The maximum absolute atomic E-state index is 3.57. The lowest BCUT2D eigenvalue weighted by atomic mass is 9.92. The third kappa shape index (κ3) is 5.64. The van der Waals surface area contributed by atoms with Gasteiger partial charge in [0.15, 0.2) is 0 Å². The van der Waals surface area contributed by atoms with Crippen molar-refractivity contribution >= 4 is 11.3 Å². The number of thiophene rings is 1. The number of rotatable bonds is 8. The quantitative estimate of drug-likeness (QED) is 0.734. The molecule has 1 aliphatic rings. The highest BCUT2D eigenvalue weighted by molar-refractivity contribution is 7.09. The van der Waals surface area contributed by atoms with Crippen LogP contribution in [0.3, 0.4) is 0 Å². The molecule has 0 amide bonds. The molecule has 1 aromatic rings. The number of piperidine rings is 1. The summed E-state index contributed by atoms with van der Waals surface area (Å²) in [7, 11) is 0. The topological polar surface area (TPSA) is 15.3 Å². The predicted octanol–water partition coefficient (Wildman–Crippen LogP) is 3.39. The zero-order valence-corrected chi connectivity index (χ0v) is 13.1. The summed E-state index contributed by atoms with van der Waals surface area (Å²) in [6.07, 6.45) is 6.81. The molecule has 1 aromatic heterocycles. The van der Waals surface area contributed by atoms with Crippen LogP contribution in [0, 0.1) is 5.92 Å². The molecule has 1 N–H and O–H groups in total. The lowest BCUT2D eigenvalue weighted by molar-refractivity contribution is 0.179. The van der Waals surface area contributed by atoms with Crippen molar-refractivity contribution in [2.45, 2.75) is 39.0 Å². The van der Waals surface area contributed by atoms with Crippen LogP contribution >= 0.6 is 11.3 Å². The molecule has 0 radical (unpaired) electrons. The molecule has 1 fully saturated rings. The Balaban J connectivity index is 1.48. The van der Waals surface area contributed by atoms with Crippen LogP contribution in [0.2, 0.25) is 0 Å². The van der Waals surface area contributed by atoms with E-state index in [9.17, 15) is 0 Å². The smallest absolute Gasteiger partial charge is 0.0107 e. The largest absolute Gasteiger partial charge is 0.315 e. The summed E-state index contributed by atoms with van der Waals surface area (Å²) in [4.78, 5) is 4.12. The SMILES string of the molecule is CCCC1CCN(CCNCCc2cccs2)CC1. The average Bonchev–Trinajstić information content (AvgIpc) is 2.94. The van der Waals surface area contributed by atoms with Gasteiger partial charge in [-0.1, -0.05) is 25.8 Å². The lowest BCUT2D eigenvalue weighted by Crippen LogP contribution is -2.38.